The fraction of sp³-hybridized carbons (Fsp3) is 0.138. The van der Waals surface area contributed by atoms with Crippen LogP contribution in [0.4, 0.5) is 43.2 Å². The van der Waals surface area contributed by atoms with Crippen LogP contribution in [-0.4, -0.2) is 42.2 Å². The van der Waals surface area contributed by atoms with Gasteiger partial charge in [-0.3, -0.25) is 4.79 Å². The van der Waals surface area contributed by atoms with E-state index in [0.717, 1.165) is 30.5 Å². The molecule has 0 aliphatic carbocycles. The molecule has 4 aromatic rings. The van der Waals surface area contributed by atoms with E-state index in [1.54, 1.807) is 24.4 Å². The zero-order valence-electron chi connectivity index (χ0n) is 21.0. The highest BCUT2D eigenvalue weighted by Crippen LogP contribution is 2.32. The first-order valence-corrected chi connectivity index (χ1v) is 12.3. The normalized spacial score (nSPS) is 13.0. The SMILES string of the molecule is C=CC(=O)Nc1cc(-c2nc(Nc3cccc(N4CCOCC4)c3)ncc2Nc2cccc(F)c2)ccc1F. The third kappa shape index (κ3) is 6.36. The van der Waals surface area contributed by atoms with Crippen molar-refractivity contribution in [2.24, 2.45) is 0 Å². The molecule has 0 unspecified atom stereocenters. The van der Waals surface area contributed by atoms with Gasteiger partial charge in [0, 0.05) is 35.7 Å². The summed E-state index contributed by atoms with van der Waals surface area (Å²) in [4.78, 5) is 23.2. The van der Waals surface area contributed by atoms with E-state index in [-0.39, 0.29) is 5.69 Å². The predicted molar refractivity (Wildman–Crippen MR) is 149 cm³/mol. The summed E-state index contributed by atoms with van der Waals surface area (Å²) >= 11 is 0. The maximum atomic E-state index is 14.5. The molecular weight excluding hydrogens is 502 g/mol. The van der Waals surface area contributed by atoms with E-state index in [1.807, 2.05) is 24.3 Å². The Hall–Kier alpha value is -4.83. The molecule has 0 spiro atoms. The van der Waals surface area contributed by atoms with Crippen LogP contribution in [0.1, 0.15) is 0 Å². The van der Waals surface area contributed by atoms with E-state index in [2.05, 4.69) is 32.4 Å². The molecule has 1 saturated heterocycles. The van der Waals surface area contributed by atoms with Crippen LogP contribution in [-0.2, 0) is 9.53 Å². The molecule has 1 aliphatic heterocycles. The quantitative estimate of drug-likeness (QED) is 0.246. The number of hydrogen-bond donors (Lipinski definition) is 3. The molecule has 1 fully saturated rings. The van der Waals surface area contributed by atoms with Crippen LogP contribution in [0.2, 0.25) is 0 Å². The average Bonchev–Trinajstić information content (AvgIpc) is 2.95. The molecule has 5 rings (SSSR count). The summed E-state index contributed by atoms with van der Waals surface area (Å²) < 4.78 is 33.8. The largest absolute Gasteiger partial charge is 0.378 e. The number of ether oxygens (including phenoxy) is 1. The first-order valence-electron chi connectivity index (χ1n) is 12.3. The van der Waals surface area contributed by atoms with E-state index < -0.39 is 17.5 Å². The van der Waals surface area contributed by atoms with E-state index >= 15 is 0 Å². The third-order valence-electron chi connectivity index (χ3n) is 6.05. The second-order valence-corrected chi connectivity index (χ2v) is 8.75. The Morgan fingerprint density at radius 3 is 2.49 bits per heavy atom. The highest BCUT2D eigenvalue weighted by molar-refractivity contribution is 5.99. The van der Waals surface area contributed by atoms with Crippen molar-refractivity contribution in [1.82, 2.24) is 9.97 Å². The van der Waals surface area contributed by atoms with Gasteiger partial charge in [-0.05, 0) is 60.7 Å². The van der Waals surface area contributed by atoms with Gasteiger partial charge < -0.3 is 25.6 Å². The Morgan fingerprint density at radius 1 is 0.949 bits per heavy atom. The summed E-state index contributed by atoms with van der Waals surface area (Å²) in [5, 5.41) is 8.83. The number of aromatic nitrogens is 2. The van der Waals surface area contributed by atoms with Crippen molar-refractivity contribution in [3.8, 4) is 11.3 Å². The molecule has 3 N–H and O–H groups in total. The number of amides is 1. The van der Waals surface area contributed by atoms with Crippen LogP contribution in [0, 0.1) is 11.6 Å². The lowest BCUT2D eigenvalue weighted by Crippen LogP contribution is -2.36. The van der Waals surface area contributed by atoms with Gasteiger partial charge in [0.1, 0.15) is 11.6 Å². The molecule has 0 bridgehead atoms. The molecule has 198 valence electrons. The van der Waals surface area contributed by atoms with Crippen molar-refractivity contribution >= 4 is 40.3 Å². The van der Waals surface area contributed by atoms with Crippen molar-refractivity contribution in [3.05, 3.63) is 97.2 Å². The number of carbonyl (C=O) groups excluding carboxylic acids is 1. The summed E-state index contributed by atoms with van der Waals surface area (Å²) in [5.41, 5.74) is 3.67. The summed E-state index contributed by atoms with van der Waals surface area (Å²) in [6.07, 6.45) is 2.62. The summed E-state index contributed by atoms with van der Waals surface area (Å²) in [6, 6.07) is 18.1. The molecule has 8 nitrogen and oxygen atoms in total. The van der Waals surface area contributed by atoms with Gasteiger partial charge in [-0.2, -0.15) is 0 Å². The lowest BCUT2D eigenvalue weighted by Gasteiger charge is -2.29. The minimum atomic E-state index is -0.610. The van der Waals surface area contributed by atoms with Crippen molar-refractivity contribution < 1.29 is 18.3 Å². The van der Waals surface area contributed by atoms with Gasteiger partial charge in [0.05, 0.1) is 36.5 Å². The molecule has 1 aromatic heterocycles. The Bertz CT molecular complexity index is 1510. The standard InChI is InChI=1S/C29H26F2N6O2/c1-2-27(38)35-25-15-19(9-10-24(25)31)28-26(33-21-6-3-5-20(30)16-21)18-32-29(36-28)34-22-7-4-8-23(17-22)37-11-13-39-14-12-37/h2-10,15-18,33H,1,11-14H2,(H,35,38)(H,32,34,36). The van der Waals surface area contributed by atoms with Crippen LogP contribution in [0.5, 0.6) is 0 Å². The van der Waals surface area contributed by atoms with Gasteiger partial charge in [0.15, 0.2) is 0 Å². The molecule has 0 radical (unpaired) electrons. The number of anilines is 6. The number of nitrogens with one attached hydrogen (secondary N) is 3. The molecule has 10 heteroatoms. The Labute approximate surface area is 224 Å². The number of rotatable bonds is 8. The van der Waals surface area contributed by atoms with Crippen LogP contribution in [0.25, 0.3) is 11.3 Å². The van der Waals surface area contributed by atoms with E-state index in [4.69, 9.17) is 9.72 Å². The van der Waals surface area contributed by atoms with Gasteiger partial charge in [-0.15, -0.1) is 0 Å². The maximum absolute atomic E-state index is 14.5. The zero-order valence-corrected chi connectivity index (χ0v) is 21.0. The molecule has 2 heterocycles. The fourth-order valence-electron chi connectivity index (χ4n) is 4.16. The van der Waals surface area contributed by atoms with Crippen LogP contribution in [0.3, 0.4) is 0 Å². The maximum Gasteiger partial charge on any atom is 0.247 e. The zero-order chi connectivity index (χ0) is 27.2. The summed E-state index contributed by atoms with van der Waals surface area (Å²) in [7, 11) is 0. The highest BCUT2D eigenvalue weighted by Gasteiger charge is 2.15. The van der Waals surface area contributed by atoms with Crippen LogP contribution < -0.4 is 20.9 Å². The lowest BCUT2D eigenvalue weighted by atomic mass is 10.1. The van der Waals surface area contributed by atoms with E-state index in [0.29, 0.717) is 41.8 Å². The van der Waals surface area contributed by atoms with Crippen molar-refractivity contribution in [2.45, 2.75) is 0 Å². The van der Waals surface area contributed by atoms with E-state index in [9.17, 15) is 13.6 Å². The number of halogens is 2. The van der Waals surface area contributed by atoms with Crippen LogP contribution >= 0.6 is 0 Å². The smallest absolute Gasteiger partial charge is 0.247 e. The molecular formula is C29H26F2N6O2. The van der Waals surface area contributed by atoms with Crippen LogP contribution in [0.15, 0.2) is 85.6 Å². The second-order valence-electron chi connectivity index (χ2n) is 8.75. The summed E-state index contributed by atoms with van der Waals surface area (Å²) in [6.45, 7) is 6.37. The topological polar surface area (TPSA) is 91.4 Å². The number of carbonyl (C=O) groups is 1. The molecule has 1 amide bonds. The van der Waals surface area contributed by atoms with Crippen molar-refractivity contribution in [3.63, 3.8) is 0 Å². The van der Waals surface area contributed by atoms with Gasteiger partial charge in [-0.1, -0.05) is 18.7 Å². The van der Waals surface area contributed by atoms with Gasteiger partial charge in [0.25, 0.3) is 0 Å². The number of morpholine rings is 1. The third-order valence-corrected chi connectivity index (χ3v) is 6.05. The monoisotopic (exact) mass is 528 g/mol. The lowest BCUT2D eigenvalue weighted by molar-refractivity contribution is -0.111. The number of nitrogens with zero attached hydrogens (tertiary/aromatic N) is 3. The fourth-order valence-corrected chi connectivity index (χ4v) is 4.16. The first-order chi connectivity index (χ1) is 19.0. The Morgan fingerprint density at radius 2 is 1.72 bits per heavy atom. The predicted octanol–water partition coefficient (Wildman–Crippen LogP) is 5.87. The first kappa shape index (κ1) is 25.8. The van der Waals surface area contributed by atoms with Gasteiger partial charge in [-0.25, -0.2) is 18.7 Å². The minimum absolute atomic E-state index is 0.0274. The Balaban J connectivity index is 1.50. The molecule has 1 aliphatic rings. The second kappa shape index (κ2) is 11.7. The summed E-state index contributed by atoms with van der Waals surface area (Å²) in [5.74, 6) is -1.26. The van der Waals surface area contributed by atoms with Gasteiger partial charge in [0.2, 0.25) is 11.9 Å². The highest BCUT2D eigenvalue weighted by atomic mass is 19.1. The number of benzene rings is 3. The van der Waals surface area contributed by atoms with Crippen molar-refractivity contribution in [2.75, 3.05) is 47.2 Å². The average molecular weight is 529 g/mol. The number of hydrogen-bond acceptors (Lipinski definition) is 7. The Kier molecular flexibility index (Phi) is 7.74. The van der Waals surface area contributed by atoms with E-state index in [1.165, 1.54) is 24.3 Å². The molecule has 3 aromatic carbocycles. The molecule has 39 heavy (non-hydrogen) atoms. The van der Waals surface area contributed by atoms with Gasteiger partial charge >= 0.3 is 0 Å². The minimum Gasteiger partial charge on any atom is -0.378 e. The molecule has 0 saturated carbocycles. The van der Waals surface area contributed by atoms with Crippen molar-refractivity contribution in [1.29, 1.82) is 0 Å². The molecule has 0 atom stereocenters.